The number of hydrogen-bond donors (Lipinski definition) is 5. The van der Waals surface area contributed by atoms with Crippen LogP contribution in [0.25, 0.3) is 0 Å². The summed E-state index contributed by atoms with van der Waals surface area (Å²) in [5, 5.41) is 37.1. The number of ketones is 1. The normalized spacial score (nSPS) is 23.6. The molecule has 6 heteroatoms. The van der Waals surface area contributed by atoms with Crippen LogP contribution in [-0.4, -0.2) is 57.2 Å². The van der Waals surface area contributed by atoms with Gasteiger partial charge in [-0.1, -0.05) is 32.1 Å². The van der Waals surface area contributed by atoms with E-state index >= 15 is 0 Å². The highest BCUT2D eigenvalue weighted by molar-refractivity contribution is 5.88. The van der Waals surface area contributed by atoms with E-state index in [9.17, 15) is 20.1 Å². The van der Waals surface area contributed by atoms with Crippen molar-refractivity contribution in [1.82, 2.24) is 0 Å². The van der Waals surface area contributed by atoms with Gasteiger partial charge in [0.15, 0.2) is 5.78 Å². The molecule has 0 radical (unpaired) electrons. The highest BCUT2D eigenvalue weighted by Gasteiger charge is 2.33. The van der Waals surface area contributed by atoms with Crippen molar-refractivity contribution in [2.75, 3.05) is 6.61 Å². The molecular formula is C13H25NO5. The standard InChI is InChI=1S/C13H25NO5/c14-9(6-8-4-2-1-3-5-8)11(17)13(19)12(18)10(16)7-15/h8-12,15-18H,1-7,14H2/t9-,10?,11+,12?/m0/s1. The summed E-state index contributed by atoms with van der Waals surface area (Å²) in [7, 11) is 0. The van der Waals surface area contributed by atoms with Crippen LogP contribution in [0.3, 0.4) is 0 Å². The molecule has 6 N–H and O–H groups in total. The van der Waals surface area contributed by atoms with Crippen LogP contribution in [0.5, 0.6) is 0 Å². The summed E-state index contributed by atoms with van der Waals surface area (Å²) in [5.41, 5.74) is 5.80. The van der Waals surface area contributed by atoms with Crippen LogP contribution in [-0.2, 0) is 4.79 Å². The van der Waals surface area contributed by atoms with Crippen molar-refractivity contribution in [2.45, 2.75) is 62.9 Å². The minimum absolute atomic E-state index is 0.408. The van der Waals surface area contributed by atoms with Crippen LogP contribution in [0.4, 0.5) is 0 Å². The van der Waals surface area contributed by atoms with Crippen LogP contribution < -0.4 is 5.73 Å². The first-order chi connectivity index (χ1) is 8.97. The van der Waals surface area contributed by atoms with Gasteiger partial charge >= 0.3 is 0 Å². The second-order valence-electron chi connectivity index (χ2n) is 5.45. The highest BCUT2D eigenvalue weighted by atomic mass is 16.4. The lowest BCUT2D eigenvalue weighted by Crippen LogP contribution is -2.49. The molecule has 1 fully saturated rings. The first-order valence-corrected chi connectivity index (χ1v) is 6.91. The first kappa shape index (κ1) is 16.5. The summed E-state index contributed by atoms with van der Waals surface area (Å²) in [6.45, 7) is -0.739. The number of Topliss-reactive ketones (excluding diaryl/α,β-unsaturated/α-hetero) is 1. The Hall–Kier alpha value is -0.530. The largest absolute Gasteiger partial charge is 0.394 e. The molecule has 2 unspecified atom stereocenters. The molecule has 0 heterocycles. The lowest BCUT2D eigenvalue weighted by atomic mass is 9.83. The zero-order valence-electron chi connectivity index (χ0n) is 11.1. The Labute approximate surface area is 113 Å². The van der Waals surface area contributed by atoms with Crippen LogP contribution in [0.15, 0.2) is 0 Å². The molecule has 0 amide bonds. The van der Waals surface area contributed by atoms with Gasteiger partial charge in [-0.05, 0) is 12.3 Å². The van der Waals surface area contributed by atoms with Crippen LogP contribution in [0.2, 0.25) is 0 Å². The zero-order valence-corrected chi connectivity index (χ0v) is 11.1. The van der Waals surface area contributed by atoms with E-state index in [1.54, 1.807) is 0 Å². The van der Waals surface area contributed by atoms with Crippen molar-refractivity contribution in [1.29, 1.82) is 0 Å². The molecule has 0 saturated heterocycles. The van der Waals surface area contributed by atoms with Crippen molar-refractivity contribution in [2.24, 2.45) is 11.7 Å². The van der Waals surface area contributed by atoms with E-state index in [1.807, 2.05) is 0 Å². The average Bonchev–Trinajstić information content (AvgIpc) is 2.44. The van der Waals surface area contributed by atoms with Crippen molar-refractivity contribution < 1.29 is 25.2 Å². The highest BCUT2D eigenvalue weighted by Crippen LogP contribution is 2.27. The number of rotatable bonds is 7. The molecule has 0 aromatic rings. The van der Waals surface area contributed by atoms with Gasteiger partial charge in [-0.15, -0.1) is 0 Å². The van der Waals surface area contributed by atoms with Gasteiger partial charge in [0.1, 0.15) is 18.3 Å². The monoisotopic (exact) mass is 275 g/mol. The third-order valence-corrected chi connectivity index (χ3v) is 3.87. The molecule has 0 aliphatic heterocycles. The van der Waals surface area contributed by atoms with Gasteiger partial charge in [0.25, 0.3) is 0 Å². The number of aliphatic hydroxyl groups excluding tert-OH is 4. The molecule has 1 aliphatic carbocycles. The number of nitrogens with two attached hydrogens (primary N) is 1. The summed E-state index contributed by atoms with van der Waals surface area (Å²) >= 11 is 0. The van der Waals surface area contributed by atoms with Crippen LogP contribution in [0, 0.1) is 5.92 Å². The molecule has 1 aliphatic rings. The van der Waals surface area contributed by atoms with E-state index in [1.165, 1.54) is 6.42 Å². The van der Waals surface area contributed by atoms with Gasteiger partial charge in [0.2, 0.25) is 0 Å². The molecule has 19 heavy (non-hydrogen) atoms. The van der Waals surface area contributed by atoms with E-state index in [0.717, 1.165) is 25.7 Å². The SMILES string of the molecule is N[C@@H](CC1CCCCC1)[C@@H](O)C(=O)C(O)C(O)CO. The Morgan fingerprint density at radius 1 is 1.11 bits per heavy atom. The van der Waals surface area contributed by atoms with E-state index in [2.05, 4.69) is 0 Å². The van der Waals surface area contributed by atoms with Crippen molar-refractivity contribution >= 4 is 5.78 Å². The number of carbonyl (C=O) groups is 1. The third-order valence-electron chi connectivity index (χ3n) is 3.87. The first-order valence-electron chi connectivity index (χ1n) is 6.91. The maximum absolute atomic E-state index is 11.7. The fourth-order valence-electron chi connectivity index (χ4n) is 2.61. The molecule has 4 atom stereocenters. The predicted octanol–water partition coefficient (Wildman–Crippen LogP) is -1.07. The Kier molecular flexibility index (Phi) is 6.88. The summed E-state index contributed by atoms with van der Waals surface area (Å²) < 4.78 is 0. The second kappa shape index (κ2) is 7.91. The molecular weight excluding hydrogens is 250 g/mol. The Balaban J connectivity index is 2.46. The Morgan fingerprint density at radius 2 is 1.68 bits per heavy atom. The molecule has 0 bridgehead atoms. The number of carbonyl (C=O) groups excluding carboxylic acids is 1. The molecule has 1 rings (SSSR count). The molecule has 1 saturated carbocycles. The molecule has 0 aromatic heterocycles. The molecule has 6 nitrogen and oxygen atoms in total. The smallest absolute Gasteiger partial charge is 0.193 e. The van der Waals surface area contributed by atoms with Gasteiger partial charge in [-0.2, -0.15) is 0 Å². The average molecular weight is 275 g/mol. The number of aliphatic hydroxyl groups is 4. The summed E-state index contributed by atoms with van der Waals surface area (Å²) in [6.07, 6.45) is 1.27. The van der Waals surface area contributed by atoms with E-state index < -0.39 is 36.7 Å². The van der Waals surface area contributed by atoms with Gasteiger partial charge in [0, 0.05) is 6.04 Å². The lowest BCUT2D eigenvalue weighted by molar-refractivity contribution is -0.144. The maximum Gasteiger partial charge on any atom is 0.193 e. The van der Waals surface area contributed by atoms with Gasteiger partial charge < -0.3 is 26.2 Å². The maximum atomic E-state index is 11.7. The second-order valence-corrected chi connectivity index (χ2v) is 5.45. The summed E-state index contributed by atoms with van der Waals surface area (Å²) in [4.78, 5) is 11.7. The Bertz CT molecular complexity index is 280. The molecule has 112 valence electrons. The summed E-state index contributed by atoms with van der Waals surface area (Å²) in [6, 6.07) is -0.740. The van der Waals surface area contributed by atoms with Gasteiger partial charge in [0.05, 0.1) is 6.61 Å². The molecule has 0 aromatic carbocycles. The van der Waals surface area contributed by atoms with Crippen molar-refractivity contribution in [3.8, 4) is 0 Å². The topological polar surface area (TPSA) is 124 Å². The predicted molar refractivity (Wildman–Crippen MR) is 69.3 cm³/mol. The zero-order chi connectivity index (χ0) is 14.4. The van der Waals surface area contributed by atoms with E-state index in [-0.39, 0.29) is 0 Å². The lowest BCUT2D eigenvalue weighted by Gasteiger charge is -2.27. The third kappa shape index (κ3) is 4.81. The minimum Gasteiger partial charge on any atom is -0.394 e. The van der Waals surface area contributed by atoms with E-state index in [4.69, 9.17) is 10.8 Å². The van der Waals surface area contributed by atoms with Crippen LogP contribution in [0.1, 0.15) is 38.5 Å². The minimum atomic E-state index is -1.79. The van der Waals surface area contributed by atoms with Crippen molar-refractivity contribution in [3.63, 3.8) is 0 Å². The van der Waals surface area contributed by atoms with Gasteiger partial charge in [-0.3, -0.25) is 4.79 Å². The van der Waals surface area contributed by atoms with E-state index in [0.29, 0.717) is 12.3 Å². The van der Waals surface area contributed by atoms with Crippen LogP contribution >= 0.6 is 0 Å². The Morgan fingerprint density at radius 3 is 2.21 bits per heavy atom. The number of hydrogen-bond acceptors (Lipinski definition) is 6. The summed E-state index contributed by atoms with van der Waals surface area (Å²) in [5.74, 6) is -0.518. The van der Waals surface area contributed by atoms with Gasteiger partial charge in [-0.25, -0.2) is 0 Å². The quantitative estimate of drug-likeness (QED) is 0.403. The van der Waals surface area contributed by atoms with Crippen molar-refractivity contribution in [3.05, 3.63) is 0 Å². The fraction of sp³-hybridized carbons (Fsp3) is 0.923. The molecule has 0 spiro atoms. The fourth-order valence-corrected chi connectivity index (χ4v) is 2.61.